The number of hydrogen-bond donors (Lipinski definition) is 2. The van der Waals surface area contributed by atoms with Crippen molar-refractivity contribution in [3.05, 3.63) is 77.5 Å². The van der Waals surface area contributed by atoms with Crippen molar-refractivity contribution in [2.24, 2.45) is 0 Å². The van der Waals surface area contributed by atoms with Gasteiger partial charge >= 0.3 is 15.6 Å². The van der Waals surface area contributed by atoms with E-state index in [2.05, 4.69) is 19.8 Å². The first-order chi connectivity index (χ1) is 17.6. The fourth-order valence-corrected chi connectivity index (χ4v) is 4.65. The maximum absolute atomic E-state index is 12.7. The van der Waals surface area contributed by atoms with E-state index in [1.165, 1.54) is 18.2 Å². The quantitative estimate of drug-likeness (QED) is 0.180. The van der Waals surface area contributed by atoms with Crippen LogP contribution in [-0.4, -0.2) is 37.9 Å². The molecule has 1 unspecified atom stereocenters. The summed E-state index contributed by atoms with van der Waals surface area (Å²) < 4.78 is 65.0. The zero-order chi connectivity index (χ0) is 26.5. The number of halogens is 3. The number of amides is 1. The van der Waals surface area contributed by atoms with Crippen LogP contribution in [0.1, 0.15) is 42.0 Å². The van der Waals surface area contributed by atoms with Gasteiger partial charge in [-0.3, -0.25) is 9.78 Å². The number of pyridine rings is 1. The lowest BCUT2D eigenvalue weighted by Gasteiger charge is -2.27. The Kier molecular flexibility index (Phi) is 8.13. The van der Waals surface area contributed by atoms with Gasteiger partial charge in [0.25, 0.3) is 0 Å². The van der Waals surface area contributed by atoms with Gasteiger partial charge in [-0.25, -0.2) is 0 Å². The smallest absolute Gasteiger partial charge is 0.376 e. The van der Waals surface area contributed by atoms with E-state index < -0.39 is 15.6 Å². The second-order valence-corrected chi connectivity index (χ2v) is 10.2. The van der Waals surface area contributed by atoms with Gasteiger partial charge in [-0.2, -0.15) is 21.6 Å². The summed E-state index contributed by atoms with van der Waals surface area (Å²) in [6, 6.07) is 13.7. The molecule has 4 rings (SSSR count). The SMILES string of the molecule is O=C(C=Cc1cnc2ccccc2c1)NCCCCC1NCCc2ccc(OS(=O)(=O)C(F)(F)F)cc21. The van der Waals surface area contributed by atoms with Crippen LogP contribution in [0.15, 0.2) is 60.8 Å². The molecule has 1 aromatic heterocycles. The van der Waals surface area contributed by atoms with E-state index in [0.717, 1.165) is 34.0 Å². The Balaban J connectivity index is 1.26. The molecule has 1 amide bonds. The Labute approximate surface area is 212 Å². The van der Waals surface area contributed by atoms with Crippen molar-refractivity contribution in [3.8, 4) is 5.75 Å². The monoisotopic (exact) mass is 533 g/mol. The van der Waals surface area contributed by atoms with Gasteiger partial charge in [0.15, 0.2) is 0 Å². The normalized spacial score (nSPS) is 16.0. The zero-order valence-electron chi connectivity index (χ0n) is 19.8. The molecule has 3 aromatic rings. The van der Waals surface area contributed by atoms with Crippen LogP contribution < -0.4 is 14.8 Å². The minimum atomic E-state index is -5.73. The summed E-state index contributed by atoms with van der Waals surface area (Å²) >= 11 is 0. The summed E-state index contributed by atoms with van der Waals surface area (Å²) in [5.41, 5.74) is -2.14. The van der Waals surface area contributed by atoms with Crippen molar-refractivity contribution >= 4 is 33.0 Å². The van der Waals surface area contributed by atoms with Gasteiger partial charge in [0, 0.05) is 30.2 Å². The number of benzene rings is 2. The second kappa shape index (κ2) is 11.3. The first-order valence-corrected chi connectivity index (χ1v) is 13.2. The molecule has 37 heavy (non-hydrogen) atoms. The first-order valence-electron chi connectivity index (χ1n) is 11.8. The van der Waals surface area contributed by atoms with Crippen molar-refractivity contribution in [1.82, 2.24) is 15.6 Å². The molecule has 0 spiro atoms. The predicted molar refractivity (Wildman–Crippen MR) is 134 cm³/mol. The molecule has 11 heteroatoms. The lowest BCUT2D eigenvalue weighted by Crippen LogP contribution is -2.31. The van der Waals surface area contributed by atoms with E-state index in [1.807, 2.05) is 30.3 Å². The minimum absolute atomic E-state index is 0.156. The van der Waals surface area contributed by atoms with Crippen molar-refractivity contribution in [1.29, 1.82) is 0 Å². The van der Waals surface area contributed by atoms with Crippen LogP contribution in [0.4, 0.5) is 13.2 Å². The first kappa shape index (κ1) is 26.6. The van der Waals surface area contributed by atoms with Crippen LogP contribution in [0.2, 0.25) is 0 Å². The van der Waals surface area contributed by atoms with Crippen LogP contribution in [0.3, 0.4) is 0 Å². The molecule has 0 saturated carbocycles. The van der Waals surface area contributed by atoms with Crippen molar-refractivity contribution in [2.75, 3.05) is 13.1 Å². The molecule has 196 valence electrons. The minimum Gasteiger partial charge on any atom is -0.376 e. The highest BCUT2D eigenvalue weighted by Gasteiger charge is 2.48. The highest BCUT2D eigenvalue weighted by atomic mass is 32.2. The van der Waals surface area contributed by atoms with Crippen LogP contribution in [0, 0.1) is 0 Å². The lowest BCUT2D eigenvalue weighted by atomic mass is 9.91. The molecule has 2 aromatic carbocycles. The van der Waals surface area contributed by atoms with Crippen LogP contribution in [0.25, 0.3) is 17.0 Å². The molecule has 1 aliphatic rings. The third-order valence-electron chi connectivity index (χ3n) is 6.02. The molecular formula is C26H26F3N3O4S. The van der Waals surface area contributed by atoms with E-state index in [1.54, 1.807) is 18.3 Å². The third-order valence-corrected chi connectivity index (χ3v) is 7.00. The molecule has 0 bridgehead atoms. The Morgan fingerprint density at radius 3 is 2.78 bits per heavy atom. The summed E-state index contributed by atoms with van der Waals surface area (Å²) in [6.07, 6.45) is 7.64. The number of unbranched alkanes of at least 4 members (excludes halogenated alkanes) is 1. The van der Waals surface area contributed by atoms with Gasteiger partial charge in [0.05, 0.1) is 5.52 Å². The second-order valence-electron chi connectivity index (χ2n) is 8.68. The van der Waals surface area contributed by atoms with Crippen LogP contribution >= 0.6 is 0 Å². The number of nitrogens with one attached hydrogen (secondary N) is 2. The van der Waals surface area contributed by atoms with E-state index in [4.69, 9.17) is 0 Å². The van der Waals surface area contributed by atoms with Crippen molar-refractivity contribution in [2.45, 2.75) is 37.2 Å². The topological polar surface area (TPSA) is 97.4 Å². The number of hydrogen-bond acceptors (Lipinski definition) is 6. The van der Waals surface area contributed by atoms with Crippen LogP contribution in [-0.2, 0) is 21.3 Å². The average molecular weight is 534 g/mol. The van der Waals surface area contributed by atoms with E-state index in [0.29, 0.717) is 32.4 Å². The van der Waals surface area contributed by atoms with Gasteiger partial charge in [0.1, 0.15) is 5.75 Å². The van der Waals surface area contributed by atoms with Crippen molar-refractivity contribution in [3.63, 3.8) is 0 Å². The van der Waals surface area contributed by atoms with E-state index >= 15 is 0 Å². The van der Waals surface area contributed by atoms with Crippen molar-refractivity contribution < 1.29 is 30.6 Å². The maximum atomic E-state index is 12.7. The number of nitrogens with zero attached hydrogens (tertiary/aromatic N) is 1. The Bertz CT molecular complexity index is 1410. The number of rotatable bonds is 9. The number of fused-ring (bicyclic) bond motifs is 2. The summed E-state index contributed by atoms with van der Waals surface area (Å²) in [7, 11) is -5.73. The standard InChI is InChI=1S/C26H26F3N3O4S/c27-26(28,29)37(34,35)36-21-10-9-19-12-14-30-24(22(19)16-21)7-3-4-13-31-25(33)11-8-18-15-20-5-1-2-6-23(20)32-17-18/h1-2,5-6,8-11,15-17,24,30H,3-4,7,12-14H2,(H,31,33). The summed E-state index contributed by atoms with van der Waals surface area (Å²) in [5.74, 6) is -0.590. The van der Waals surface area contributed by atoms with E-state index in [-0.39, 0.29) is 17.7 Å². The van der Waals surface area contributed by atoms with Gasteiger partial charge in [0.2, 0.25) is 5.91 Å². The largest absolute Gasteiger partial charge is 0.534 e. The Morgan fingerprint density at radius 1 is 1.16 bits per heavy atom. The highest BCUT2D eigenvalue weighted by molar-refractivity contribution is 7.88. The maximum Gasteiger partial charge on any atom is 0.534 e. The number of alkyl halides is 3. The Morgan fingerprint density at radius 2 is 1.97 bits per heavy atom. The molecule has 0 saturated heterocycles. The van der Waals surface area contributed by atoms with Gasteiger partial charge in [-0.1, -0.05) is 24.3 Å². The zero-order valence-corrected chi connectivity index (χ0v) is 20.6. The highest BCUT2D eigenvalue weighted by Crippen LogP contribution is 2.33. The fraction of sp³-hybridized carbons (Fsp3) is 0.308. The fourth-order valence-electron chi connectivity index (χ4n) is 4.19. The number of aromatic nitrogens is 1. The average Bonchev–Trinajstić information content (AvgIpc) is 2.86. The van der Waals surface area contributed by atoms with E-state index in [9.17, 15) is 26.4 Å². The number of carbonyl (C=O) groups excluding carboxylic acids is 1. The van der Waals surface area contributed by atoms with Gasteiger partial charge in [-0.15, -0.1) is 0 Å². The summed E-state index contributed by atoms with van der Waals surface area (Å²) in [6.45, 7) is 1.16. The predicted octanol–water partition coefficient (Wildman–Crippen LogP) is 4.65. The molecule has 0 aliphatic carbocycles. The molecule has 1 aliphatic heterocycles. The number of para-hydroxylation sites is 1. The van der Waals surface area contributed by atoms with Gasteiger partial charge in [-0.05, 0) is 79.3 Å². The summed E-state index contributed by atoms with van der Waals surface area (Å²) in [4.78, 5) is 16.5. The lowest BCUT2D eigenvalue weighted by molar-refractivity contribution is -0.116. The molecule has 0 radical (unpaired) electrons. The molecule has 0 fully saturated rings. The Hall–Kier alpha value is -3.44. The third kappa shape index (κ3) is 6.86. The summed E-state index contributed by atoms with van der Waals surface area (Å²) in [5, 5.41) is 7.14. The number of carbonyl (C=O) groups is 1. The molecule has 2 heterocycles. The molecule has 7 nitrogen and oxygen atoms in total. The van der Waals surface area contributed by atoms with Gasteiger partial charge < -0.3 is 14.8 Å². The molecule has 2 N–H and O–H groups in total. The molecular weight excluding hydrogens is 507 g/mol. The van der Waals surface area contributed by atoms with Crippen LogP contribution in [0.5, 0.6) is 5.75 Å². The molecule has 1 atom stereocenters.